The first-order valence-corrected chi connectivity index (χ1v) is 6.20. The maximum atomic E-state index is 10.9. The van der Waals surface area contributed by atoms with Crippen LogP contribution in [0.3, 0.4) is 0 Å². The second-order valence-electron chi connectivity index (χ2n) is 4.51. The Kier molecular flexibility index (Phi) is 3.53. The average molecular weight is 263 g/mol. The summed E-state index contributed by atoms with van der Waals surface area (Å²) in [6.07, 6.45) is 0.881. The van der Waals surface area contributed by atoms with Gasteiger partial charge in [-0.05, 0) is 49.6 Å². The second kappa shape index (κ2) is 4.94. The van der Waals surface area contributed by atoms with E-state index in [-0.39, 0.29) is 5.91 Å². The number of nitrogens with zero attached hydrogens (tertiary/aromatic N) is 1. The van der Waals surface area contributed by atoms with Crippen LogP contribution in [0.1, 0.15) is 23.2 Å². The van der Waals surface area contributed by atoms with Crippen molar-refractivity contribution < 1.29 is 4.79 Å². The molecule has 0 saturated carbocycles. The third-order valence-electron chi connectivity index (χ3n) is 2.93. The largest absolute Gasteiger partial charge is 0.370 e. The fraction of sp³-hybridized carbons (Fsp3) is 0.286. The third-order valence-corrected chi connectivity index (χ3v) is 3.15. The van der Waals surface area contributed by atoms with Crippen molar-refractivity contribution in [2.75, 3.05) is 0 Å². The maximum absolute atomic E-state index is 10.9. The van der Waals surface area contributed by atoms with Gasteiger partial charge in [-0.15, -0.1) is 0 Å². The Morgan fingerprint density at radius 1 is 1.33 bits per heavy atom. The van der Waals surface area contributed by atoms with Crippen molar-refractivity contribution >= 4 is 28.4 Å². The second-order valence-corrected chi connectivity index (χ2v) is 4.94. The lowest BCUT2D eigenvalue weighted by atomic mass is 10.0. The van der Waals surface area contributed by atoms with Crippen molar-refractivity contribution in [2.24, 2.45) is 5.73 Å². The van der Waals surface area contributed by atoms with Crippen LogP contribution in [-0.2, 0) is 11.2 Å². The van der Waals surface area contributed by atoms with Gasteiger partial charge < -0.3 is 5.73 Å². The molecule has 0 aliphatic rings. The van der Waals surface area contributed by atoms with E-state index in [2.05, 4.69) is 4.98 Å². The van der Waals surface area contributed by atoms with Crippen molar-refractivity contribution in [3.05, 3.63) is 40.0 Å². The number of pyridine rings is 1. The lowest BCUT2D eigenvalue weighted by molar-refractivity contribution is -0.117. The van der Waals surface area contributed by atoms with Crippen LogP contribution in [0.2, 0.25) is 5.02 Å². The van der Waals surface area contributed by atoms with Crippen molar-refractivity contribution in [1.82, 2.24) is 4.98 Å². The Balaban J connectivity index is 2.60. The van der Waals surface area contributed by atoms with Crippen LogP contribution in [0.5, 0.6) is 0 Å². The molecular formula is C14H15ClN2O. The number of nitrogens with two attached hydrogens (primary N) is 1. The first kappa shape index (κ1) is 12.8. The van der Waals surface area contributed by atoms with Crippen LogP contribution in [-0.4, -0.2) is 10.9 Å². The summed E-state index contributed by atoms with van der Waals surface area (Å²) in [4.78, 5) is 15.4. The van der Waals surface area contributed by atoms with Gasteiger partial charge in [0.05, 0.1) is 5.52 Å². The topological polar surface area (TPSA) is 56.0 Å². The summed E-state index contributed by atoms with van der Waals surface area (Å²) in [6, 6.07) is 5.79. The smallest absolute Gasteiger partial charge is 0.217 e. The summed E-state index contributed by atoms with van der Waals surface area (Å²) in [5.41, 5.74) is 9.18. The highest BCUT2D eigenvalue weighted by atomic mass is 35.5. The molecule has 2 aromatic rings. The lowest BCUT2D eigenvalue weighted by Gasteiger charge is -2.09. The SMILES string of the molecule is Cc1cc(C)c2cc(Cl)cc(CCC(N)=O)c2n1. The molecule has 1 aromatic carbocycles. The molecule has 0 fully saturated rings. The number of rotatable bonds is 3. The minimum Gasteiger partial charge on any atom is -0.370 e. The number of carbonyl (C=O) groups excluding carboxylic acids is 1. The number of aromatic nitrogens is 1. The molecule has 1 aromatic heterocycles. The van der Waals surface area contributed by atoms with E-state index in [0.29, 0.717) is 17.9 Å². The predicted molar refractivity (Wildman–Crippen MR) is 73.7 cm³/mol. The van der Waals surface area contributed by atoms with E-state index in [9.17, 15) is 4.79 Å². The van der Waals surface area contributed by atoms with Gasteiger partial charge >= 0.3 is 0 Å². The Morgan fingerprint density at radius 2 is 2.06 bits per heavy atom. The first-order chi connectivity index (χ1) is 8.47. The highest BCUT2D eigenvalue weighted by molar-refractivity contribution is 6.31. The number of carbonyl (C=O) groups is 1. The molecule has 2 N–H and O–H groups in total. The molecule has 1 heterocycles. The summed E-state index contributed by atoms with van der Waals surface area (Å²) in [7, 11) is 0. The Morgan fingerprint density at radius 3 is 2.72 bits per heavy atom. The summed E-state index contributed by atoms with van der Waals surface area (Å²) < 4.78 is 0. The van der Waals surface area contributed by atoms with E-state index in [1.54, 1.807) is 0 Å². The van der Waals surface area contributed by atoms with Crippen LogP contribution in [0, 0.1) is 13.8 Å². The van der Waals surface area contributed by atoms with E-state index < -0.39 is 0 Å². The maximum Gasteiger partial charge on any atom is 0.217 e. The zero-order chi connectivity index (χ0) is 13.3. The molecule has 2 rings (SSSR count). The predicted octanol–water partition coefficient (Wildman–Crippen LogP) is 2.92. The number of halogens is 1. The number of hydrogen-bond donors (Lipinski definition) is 1. The van der Waals surface area contributed by atoms with Gasteiger partial charge in [-0.3, -0.25) is 9.78 Å². The summed E-state index contributed by atoms with van der Waals surface area (Å²) >= 11 is 6.11. The van der Waals surface area contributed by atoms with Crippen molar-refractivity contribution in [2.45, 2.75) is 26.7 Å². The van der Waals surface area contributed by atoms with Gasteiger partial charge in [0.1, 0.15) is 0 Å². The molecule has 4 heteroatoms. The molecule has 0 spiro atoms. The fourth-order valence-corrected chi connectivity index (χ4v) is 2.38. The highest BCUT2D eigenvalue weighted by Crippen LogP contribution is 2.26. The summed E-state index contributed by atoms with van der Waals surface area (Å²) in [6.45, 7) is 3.99. The molecule has 94 valence electrons. The Bertz CT molecular complexity index is 623. The molecule has 0 radical (unpaired) electrons. The van der Waals surface area contributed by atoms with Crippen LogP contribution in [0.25, 0.3) is 10.9 Å². The van der Waals surface area contributed by atoms with Gasteiger partial charge in [-0.1, -0.05) is 11.6 Å². The van der Waals surface area contributed by atoms with E-state index in [4.69, 9.17) is 17.3 Å². The van der Waals surface area contributed by atoms with Gasteiger partial charge in [-0.25, -0.2) is 0 Å². The Labute approximate surface area is 111 Å². The highest BCUT2D eigenvalue weighted by Gasteiger charge is 2.09. The minimum absolute atomic E-state index is 0.310. The van der Waals surface area contributed by atoms with Gasteiger partial charge in [0, 0.05) is 22.5 Å². The molecule has 0 unspecified atom stereocenters. The van der Waals surface area contributed by atoms with Crippen LogP contribution < -0.4 is 5.73 Å². The molecular weight excluding hydrogens is 248 g/mol. The average Bonchev–Trinajstić information content (AvgIpc) is 2.27. The van der Waals surface area contributed by atoms with Crippen molar-refractivity contribution in [3.63, 3.8) is 0 Å². The van der Waals surface area contributed by atoms with E-state index >= 15 is 0 Å². The minimum atomic E-state index is -0.312. The van der Waals surface area contributed by atoms with Crippen LogP contribution in [0.15, 0.2) is 18.2 Å². The fourth-order valence-electron chi connectivity index (χ4n) is 2.14. The van der Waals surface area contributed by atoms with Gasteiger partial charge in [0.15, 0.2) is 0 Å². The van der Waals surface area contributed by atoms with Crippen LogP contribution >= 0.6 is 11.6 Å². The number of hydrogen-bond acceptors (Lipinski definition) is 2. The molecule has 0 atom stereocenters. The summed E-state index contributed by atoms with van der Waals surface area (Å²) in [5.74, 6) is -0.312. The van der Waals surface area contributed by atoms with Crippen molar-refractivity contribution in [3.8, 4) is 0 Å². The molecule has 18 heavy (non-hydrogen) atoms. The monoisotopic (exact) mass is 262 g/mol. The normalized spacial score (nSPS) is 10.8. The lowest BCUT2D eigenvalue weighted by Crippen LogP contribution is -2.11. The molecule has 0 bridgehead atoms. The molecule has 3 nitrogen and oxygen atoms in total. The van der Waals surface area contributed by atoms with Gasteiger partial charge in [0.2, 0.25) is 5.91 Å². The molecule has 1 amide bonds. The molecule has 0 aliphatic heterocycles. The zero-order valence-electron chi connectivity index (χ0n) is 10.5. The zero-order valence-corrected chi connectivity index (χ0v) is 11.2. The van der Waals surface area contributed by atoms with E-state index in [1.807, 2.05) is 32.0 Å². The van der Waals surface area contributed by atoms with E-state index in [1.165, 1.54) is 0 Å². The number of primary amides is 1. The van der Waals surface area contributed by atoms with Crippen molar-refractivity contribution in [1.29, 1.82) is 0 Å². The van der Waals surface area contributed by atoms with Gasteiger partial charge in [-0.2, -0.15) is 0 Å². The van der Waals surface area contributed by atoms with Crippen LogP contribution in [0.4, 0.5) is 0 Å². The quantitative estimate of drug-likeness (QED) is 0.925. The molecule has 0 aliphatic carbocycles. The third kappa shape index (κ3) is 2.62. The summed E-state index contributed by atoms with van der Waals surface area (Å²) in [5, 5.41) is 1.70. The van der Waals surface area contributed by atoms with E-state index in [0.717, 1.165) is 27.7 Å². The number of amides is 1. The number of fused-ring (bicyclic) bond motifs is 1. The first-order valence-electron chi connectivity index (χ1n) is 5.82. The number of benzene rings is 1. The molecule has 0 saturated heterocycles. The standard InChI is InChI=1S/C14H15ClN2O/c1-8-5-9(2)17-14-10(3-4-13(16)18)6-11(15)7-12(8)14/h5-7H,3-4H2,1-2H3,(H2,16,18). The Hall–Kier alpha value is -1.61. The number of aryl methyl sites for hydroxylation is 3. The van der Waals surface area contributed by atoms with Gasteiger partial charge in [0.25, 0.3) is 0 Å².